The van der Waals surface area contributed by atoms with Crippen molar-refractivity contribution in [2.24, 2.45) is 5.92 Å². The van der Waals surface area contributed by atoms with E-state index in [1.807, 2.05) is 0 Å². The summed E-state index contributed by atoms with van der Waals surface area (Å²) in [5.74, 6) is 1.03. The Morgan fingerprint density at radius 3 is 2.41 bits per heavy atom. The van der Waals surface area contributed by atoms with Gasteiger partial charge in [-0.05, 0) is 43.7 Å². The quantitative estimate of drug-likeness (QED) is 0.660. The van der Waals surface area contributed by atoms with E-state index in [0.29, 0.717) is 0 Å². The molecule has 1 aliphatic rings. The second kappa shape index (κ2) is 7.10. The van der Waals surface area contributed by atoms with Gasteiger partial charge in [-0.3, -0.25) is 0 Å². The van der Waals surface area contributed by atoms with Gasteiger partial charge in [-0.25, -0.2) is 0 Å². The molecule has 0 saturated heterocycles. The molecule has 1 aromatic carbocycles. The lowest BCUT2D eigenvalue weighted by molar-refractivity contribution is 0.337. The van der Waals surface area contributed by atoms with E-state index in [1.165, 1.54) is 49.8 Å². The zero-order chi connectivity index (χ0) is 11.9. The molecule has 0 bridgehead atoms. The Labute approximate surface area is 110 Å². The minimum absolute atomic E-state index is 0.871. The van der Waals surface area contributed by atoms with Crippen molar-refractivity contribution in [1.29, 1.82) is 0 Å². The first-order valence-electron chi connectivity index (χ1n) is 7.10. The fraction of sp³-hybridized carbons (Fsp3) is 0.625. The van der Waals surface area contributed by atoms with Crippen molar-refractivity contribution in [1.82, 2.24) is 0 Å². The number of thioether (sulfide) groups is 1. The molecule has 1 aromatic rings. The number of benzene rings is 1. The summed E-state index contributed by atoms with van der Waals surface area (Å²) in [5.41, 5.74) is 0. The molecule has 0 N–H and O–H groups in total. The molecule has 0 spiro atoms. The summed E-state index contributed by atoms with van der Waals surface area (Å²) in [4.78, 5) is 1.45. The van der Waals surface area contributed by atoms with Crippen LogP contribution in [0.2, 0.25) is 0 Å². The SMILES string of the molecule is CCCCC1CCC(Sc2ccccc2)CC1. The van der Waals surface area contributed by atoms with Gasteiger partial charge in [0.1, 0.15) is 0 Å². The lowest BCUT2D eigenvalue weighted by atomic mass is 9.85. The van der Waals surface area contributed by atoms with E-state index in [-0.39, 0.29) is 0 Å². The second-order valence-corrected chi connectivity index (χ2v) is 6.59. The third-order valence-electron chi connectivity index (χ3n) is 3.81. The maximum Gasteiger partial charge on any atom is 0.00946 e. The molecular formula is C16H24S. The Morgan fingerprint density at radius 1 is 1.06 bits per heavy atom. The van der Waals surface area contributed by atoms with E-state index in [4.69, 9.17) is 0 Å². The highest BCUT2D eigenvalue weighted by molar-refractivity contribution is 8.00. The summed E-state index contributed by atoms with van der Waals surface area (Å²) >= 11 is 2.09. The topological polar surface area (TPSA) is 0 Å². The van der Waals surface area contributed by atoms with Gasteiger partial charge in [0.2, 0.25) is 0 Å². The Kier molecular flexibility index (Phi) is 5.44. The van der Waals surface area contributed by atoms with E-state index in [1.54, 1.807) is 0 Å². The highest BCUT2D eigenvalue weighted by Crippen LogP contribution is 2.37. The zero-order valence-corrected chi connectivity index (χ0v) is 11.7. The van der Waals surface area contributed by atoms with Crippen molar-refractivity contribution in [2.75, 3.05) is 0 Å². The first-order valence-corrected chi connectivity index (χ1v) is 7.98. The van der Waals surface area contributed by atoms with Crippen LogP contribution in [0.5, 0.6) is 0 Å². The van der Waals surface area contributed by atoms with Gasteiger partial charge in [0.15, 0.2) is 0 Å². The molecule has 0 heterocycles. The third kappa shape index (κ3) is 4.39. The van der Waals surface area contributed by atoms with Gasteiger partial charge in [-0.15, -0.1) is 11.8 Å². The molecule has 0 aliphatic heterocycles. The standard InChI is InChI=1S/C16H24S/c1-2-3-7-14-10-12-16(13-11-14)17-15-8-5-4-6-9-15/h4-6,8-9,14,16H,2-3,7,10-13H2,1H3. The minimum atomic E-state index is 0.871. The summed E-state index contributed by atoms with van der Waals surface area (Å²) in [7, 11) is 0. The predicted octanol–water partition coefficient (Wildman–Crippen LogP) is 5.53. The second-order valence-electron chi connectivity index (χ2n) is 5.22. The van der Waals surface area contributed by atoms with Crippen LogP contribution in [0.1, 0.15) is 51.9 Å². The van der Waals surface area contributed by atoms with Crippen LogP contribution >= 0.6 is 11.8 Å². The van der Waals surface area contributed by atoms with E-state index in [0.717, 1.165) is 11.2 Å². The summed E-state index contributed by atoms with van der Waals surface area (Å²) in [6.07, 6.45) is 10.0. The Morgan fingerprint density at radius 2 is 1.76 bits per heavy atom. The lowest BCUT2D eigenvalue weighted by Gasteiger charge is -2.28. The highest BCUT2D eigenvalue weighted by Gasteiger charge is 2.21. The van der Waals surface area contributed by atoms with Gasteiger partial charge >= 0.3 is 0 Å². The van der Waals surface area contributed by atoms with Crippen molar-refractivity contribution < 1.29 is 0 Å². The van der Waals surface area contributed by atoms with Crippen LogP contribution in [0.3, 0.4) is 0 Å². The average Bonchev–Trinajstić information content (AvgIpc) is 2.39. The fourth-order valence-electron chi connectivity index (χ4n) is 2.72. The minimum Gasteiger partial charge on any atom is -0.123 e. The molecule has 0 unspecified atom stereocenters. The monoisotopic (exact) mass is 248 g/mol. The molecule has 17 heavy (non-hydrogen) atoms. The number of hydrogen-bond donors (Lipinski definition) is 0. The summed E-state index contributed by atoms with van der Waals surface area (Å²) in [6.45, 7) is 2.30. The van der Waals surface area contributed by atoms with E-state index in [9.17, 15) is 0 Å². The maximum absolute atomic E-state index is 2.30. The van der Waals surface area contributed by atoms with Crippen LogP contribution in [-0.2, 0) is 0 Å². The van der Waals surface area contributed by atoms with E-state index < -0.39 is 0 Å². The molecule has 0 radical (unpaired) electrons. The van der Waals surface area contributed by atoms with Crippen LogP contribution in [0.25, 0.3) is 0 Å². The first kappa shape index (κ1) is 13.0. The Bertz CT molecular complexity index is 299. The number of rotatable bonds is 5. The first-order chi connectivity index (χ1) is 8.38. The van der Waals surface area contributed by atoms with E-state index in [2.05, 4.69) is 49.0 Å². The lowest BCUT2D eigenvalue weighted by Crippen LogP contribution is -2.16. The molecule has 1 saturated carbocycles. The highest BCUT2D eigenvalue weighted by atomic mass is 32.2. The molecule has 1 fully saturated rings. The molecule has 1 heteroatoms. The van der Waals surface area contributed by atoms with Gasteiger partial charge in [0.05, 0.1) is 0 Å². The van der Waals surface area contributed by atoms with Crippen molar-refractivity contribution in [3.63, 3.8) is 0 Å². The van der Waals surface area contributed by atoms with Gasteiger partial charge in [-0.1, -0.05) is 44.4 Å². The third-order valence-corrected chi connectivity index (χ3v) is 5.15. The number of unbranched alkanes of at least 4 members (excludes halogenated alkanes) is 1. The van der Waals surface area contributed by atoms with Crippen molar-refractivity contribution in [3.8, 4) is 0 Å². The molecule has 0 aromatic heterocycles. The van der Waals surface area contributed by atoms with Crippen molar-refractivity contribution >= 4 is 11.8 Å². The Hall–Kier alpha value is -0.430. The van der Waals surface area contributed by atoms with Crippen molar-refractivity contribution in [2.45, 2.75) is 62.0 Å². The molecule has 1 aliphatic carbocycles. The summed E-state index contributed by atoms with van der Waals surface area (Å²) in [5, 5.41) is 0.871. The molecule has 2 rings (SSSR count). The zero-order valence-electron chi connectivity index (χ0n) is 10.9. The summed E-state index contributed by atoms with van der Waals surface area (Å²) in [6, 6.07) is 10.9. The largest absolute Gasteiger partial charge is 0.123 e. The van der Waals surface area contributed by atoms with Gasteiger partial charge in [-0.2, -0.15) is 0 Å². The smallest absolute Gasteiger partial charge is 0.00946 e. The Balaban J connectivity index is 1.72. The fourth-order valence-corrected chi connectivity index (χ4v) is 3.93. The van der Waals surface area contributed by atoms with Crippen LogP contribution in [0, 0.1) is 5.92 Å². The van der Waals surface area contributed by atoms with Gasteiger partial charge < -0.3 is 0 Å². The normalized spacial score (nSPS) is 24.8. The van der Waals surface area contributed by atoms with Crippen LogP contribution in [0.15, 0.2) is 35.2 Å². The molecule has 0 nitrogen and oxygen atoms in total. The molecule has 0 atom stereocenters. The van der Waals surface area contributed by atoms with Crippen molar-refractivity contribution in [3.05, 3.63) is 30.3 Å². The van der Waals surface area contributed by atoms with E-state index >= 15 is 0 Å². The van der Waals surface area contributed by atoms with Crippen LogP contribution in [-0.4, -0.2) is 5.25 Å². The predicted molar refractivity (Wildman–Crippen MR) is 77.6 cm³/mol. The molecular weight excluding hydrogens is 224 g/mol. The van der Waals surface area contributed by atoms with Gasteiger partial charge in [0.25, 0.3) is 0 Å². The maximum atomic E-state index is 2.30. The van der Waals surface area contributed by atoms with Crippen LogP contribution in [0.4, 0.5) is 0 Å². The summed E-state index contributed by atoms with van der Waals surface area (Å²) < 4.78 is 0. The average molecular weight is 248 g/mol. The number of hydrogen-bond acceptors (Lipinski definition) is 1. The molecule has 94 valence electrons. The van der Waals surface area contributed by atoms with Crippen LogP contribution < -0.4 is 0 Å². The van der Waals surface area contributed by atoms with Gasteiger partial charge in [0, 0.05) is 10.1 Å². The molecule has 0 amide bonds.